The number of rotatable bonds is 5. The van der Waals surface area contributed by atoms with Gasteiger partial charge in [0, 0.05) is 5.69 Å². The van der Waals surface area contributed by atoms with E-state index in [9.17, 15) is 17.6 Å². The minimum Gasteiger partial charge on any atom is -0.324 e. The monoisotopic (exact) mass is 404 g/mol. The Morgan fingerprint density at radius 1 is 1.16 bits per heavy atom. The largest absolute Gasteiger partial charge is 0.324 e. The second-order valence-electron chi connectivity index (χ2n) is 5.30. The van der Waals surface area contributed by atoms with Crippen LogP contribution in [0.2, 0.25) is 10.0 Å². The average molecular weight is 405 g/mol. The van der Waals surface area contributed by atoms with Crippen molar-refractivity contribution in [3.63, 3.8) is 0 Å². The third-order valence-corrected chi connectivity index (χ3v) is 5.33. The van der Waals surface area contributed by atoms with Crippen LogP contribution >= 0.6 is 23.2 Å². The molecular weight excluding hydrogens is 390 g/mol. The standard InChI is InChI=1S/C16H15Cl2FN2O3S/c1-10(16(22)20-11-7-8-12(17)13(18)9-11)21(25(2,23)24)15-6-4-3-5-14(15)19/h3-10H,1-2H3,(H,20,22)/t10-/m0/s1. The van der Waals surface area contributed by atoms with Crippen LogP contribution in [0.25, 0.3) is 0 Å². The Morgan fingerprint density at radius 2 is 1.80 bits per heavy atom. The minimum absolute atomic E-state index is 0.207. The van der Waals surface area contributed by atoms with E-state index in [0.717, 1.165) is 16.6 Å². The first-order valence-corrected chi connectivity index (χ1v) is 9.71. The Morgan fingerprint density at radius 3 is 2.36 bits per heavy atom. The summed E-state index contributed by atoms with van der Waals surface area (Å²) in [5.41, 5.74) is 0.134. The molecule has 9 heteroatoms. The molecule has 1 atom stereocenters. The quantitative estimate of drug-likeness (QED) is 0.820. The SMILES string of the molecule is C[C@@H](C(=O)Nc1ccc(Cl)c(Cl)c1)N(c1ccccc1F)S(C)(=O)=O. The second kappa shape index (κ2) is 7.59. The molecule has 2 rings (SSSR count). The first-order valence-electron chi connectivity index (χ1n) is 7.11. The topological polar surface area (TPSA) is 66.5 Å². The fourth-order valence-electron chi connectivity index (χ4n) is 2.23. The molecule has 0 heterocycles. The van der Waals surface area contributed by atoms with Gasteiger partial charge in [-0.2, -0.15) is 0 Å². The summed E-state index contributed by atoms with van der Waals surface area (Å²) < 4.78 is 39.0. The Balaban J connectivity index is 2.33. The molecule has 1 N–H and O–H groups in total. The van der Waals surface area contributed by atoms with Crippen molar-refractivity contribution >= 4 is 50.5 Å². The zero-order valence-electron chi connectivity index (χ0n) is 13.3. The van der Waals surface area contributed by atoms with Crippen molar-refractivity contribution in [1.82, 2.24) is 0 Å². The summed E-state index contributed by atoms with van der Waals surface area (Å²) in [5, 5.41) is 3.09. The van der Waals surface area contributed by atoms with Gasteiger partial charge in [0.05, 0.1) is 22.0 Å². The number of halogens is 3. The van der Waals surface area contributed by atoms with Crippen molar-refractivity contribution in [1.29, 1.82) is 0 Å². The van der Waals surface area contributed by atoms with E-state index in [-0.39, 0.29) is 10.7 Å². The number of carbonyl (C=O) groups is 1. The highest BCUT2D eigenvalue weighted by atomic mass is 35.5. The summed E-state index contributed by atoms with van der Waals surface area (Å²) in [6.07, 6.45) is 0.905. The van der Waals surface area contributed by atoms with Gasteiger partial charge in [-0.15, -0.1) is 0 Å². The van der Waals surface area contributed by atoms with Crippen LogP contribution in [0.15, 0.2) is 42.5 Å². The molecule has 2 aromatic carbocycles. The lowest BCUT2D eigenvalue weighted by Gasteiger charge is -2.28. The van der Waals surface area contributed by atoms with E-state index in [1.807, 2.05) is 0 Å². The second-order valence-corrected chi connectivity index (χ2v) is 7.98. The molecule has 0 saturated heterocycles. The average Bonchev–Trinajstić information content (AvgIpc) is 2.51. The summed E-state index contributed by atoms with van der Waals surface area (Å²) in [7, 11) is -3.91. The lowest BCUT2D eigenvalue weighted by molar-refractivity contribution is -0.116. The number of hydrogen-bond donors (Lipinski definition) is 1. The van der Waals surface area contributed by atoms with Crippen molar-refractivity contribution in [2.75, 3.05) is 15.9 Å². The van der Waals surface area contributed by atoms with Crippen LogP contribution in [0, 0.1) is 5.82 Å². The zero-order chi connectivity index (χ0) is 18.8. The molecule has 2 aromatic rings. The third kappa shape index (κ3) is 4.62. The number of hydrogen-bond acceptors (Lipinski definition) is 3. The Kier molecular flexibility index (Phi) is 5.92. The molecule has 25 heavy (non-hydrogen) atoms. The fourth-order valence-corrected chi connectivity index (χ4v) is 3.71. The lowest BCUT2D eigenvalue weighted by atomic mass is 10.2. The van der Waals surface area contributed by atoms with Crippen LogP contribution in [0.1, 0.15) is 6.92 Å². The van der Waals surface area contributed by atoms with Gasteiger partial charge >= 0.3 is 0 Å². The molecule has 0 fully saturated rings. The summed E-state index contributed by atoms with van der Waals surface area (Å²) in [5.74, 6) is -1.39. The fraction of sp³-hybridized carbons (Fsp3) is 0.188. The highest BCUT2D eigenvalue weighted by molar-refractivity contribution is 7.92. The number of sulfonamides is 1. The molecule has 0 aliphatic carbocycles. The number of nitrogens with zero attached hydrogens (tertiary/aromatic N) is 1. The molecule has 5 nitrogen and oxygen atoms in total. The molecule has 0 bridgehead atoms. The normalized spacial score (nSPS) is 12.5. The van der Waals surface area contributed by atoms with Gasteiger partial charge in [0.2, 0.25) is 15.9 Å². The van der Waals surface area contributed by atoms with E-state index in [1.165, 1.54) is 43.3 Å². The smallest absolute Gasteiger partial charge is 0.247 e. The van der Waals surface area contributed by atoms with Crippen molar-refractivity contribution < 1.29 is 17.6 Å². The molecule has 0 unspecified atom stereocenters. The lowest BCUT2D eigenvalue weighted by Crippen LogP contribution is -2.45. The van der Waals surface area contributed by atoms with E-state index in [2.05, 4.69) is 5.32 Å². The zero-order valence-corrected chi connectivity index (χ0v) is 15.7. The Labute approximate surface area is 155 Å². The van der Waals surface area contributed by atoms with Crippen molar-refractivity contribution in [3.05, 3.63) is 58.3 Å². The number of benzene rings is 2. The highest BCUT2D eigenvalue weighted by Gasteiger charge is 2.31. The Bertz CT molecular complexity index is 906. The van der Waals surface area contributed by atoms with Crippen LogP contribution in [0.5, 0.6) is 0 Å². The first kappa shape index (κ1) is 19.5. The molecule has 0 saturated carbocycles. The van der Waals surface area contributed by atoms with Crippen LogP contribution in [-0.2, 0) is 14.8 Å². The number of para-hydroxylation sites is 1. The van der Waals surface area contributed by atoms with Crippen LogP contribution < -0.4 is 9.62 Å². The van der Waals surface area contributed by atoms with Crippen LogP contribution in [0.3, 0.4) is 0 Å². The van der Waals surface area contributed by atoms with E-state index in [0.29, 0.717) is 10.7 Å². The summed E-state index contributed by atoms with van der Waals surface area (Å²) >= 11 is 11.7. The number of nitrogens with one attached hydrogen (secondary N) is 1. The van der Waals surface area contributed by atoms with Crippen LogP contribution in [-0.4, -0.2) is 26.6 Å². The number of amides is 1. The van der Waals surface area contributed by atoms with E-state index in [4.69, 9.17) is 23.2 Å². The van der Waals surface area contributed by atoms with Gasteiger partial charge in [0.1, 0.15) is 11.9 Å². The van der Waals surface area contributed by atoms with E-state index >= 15 is 0 Å². The van der Waals surface area contributed by atoms with Gasteiger partial charge in [-0.05, 0) is 37.3 Å². The number of anilines is 2. The van der Waals surface area contributed by atoms with E-state index in [1.54, 1.807) is 0 Å². The molecular formula is C16H15Cl2FN2O3S. The van der Waals surface area contributed by atoms with Gasteiger partial charge in [0.15, 0.2) is 0 Å². The minimum atomic E-state index is -3.91. The van der Waals surface area contributed by atoms with Crippen molar-refractivity contribution in [2.45, 2.75) is 13.0 Å². The van der Waals surface area contributed by atoms with Gasteiger partial charge in [-0.25, -0.2) is 12.8 Å². The van der Waals surface area contributed by atoms with Crippen LogP contribution in [0.4, 0.5) is 15.8 Å². The maximum atomic E-state index is 14.0. The number of carbonyl (C=O) groups excluding carboxylic acids is 1. The summed E-state index contributed by atoms with van der Waals surface area (Å²) in [6, 6.07) is 8.59. The van der Waals surface area contributed by atoms with E-state index < -0.39 is 27.8 Å². The van der Waals surface area contributed by atoms with Gasteiger partial charge in [-0.1, -0.05) is 35.3 Å². The molecule has 0 spiro atoms. The molecule has 0 aliphatic rings. The molecule has 0 radical (unpaired) electrons. The molecule has 134 valence electrons. The predicted octanol–water partition coefficient (Wildman–Crippen LogP) is 3.93. The predicted molar refractivity (Wildman–Crippen MR) is 98.3 cm³/mol. The maximum absolute atomic E-state index is 14.0. The molecule has 0 aliphatic heterocycles. The Hall–Kier alpha value is -1.83. The van der Waals surface area contributed by atoms with Gasteiger partial charge in [0.25, 0.3) is 0 Å². The molecule has 1 amide bonds. The van der Waals surface area contributed by atoms with Gasteiger partial charge in [-0.3, -0.25) is 9.10 Å². The maximum Gasteiger partial charge on any atom is 0.247 e. The first-order chi connectivity index (χ1) is 11.6. The highest BCUT2D eigenvalue weighted by Crippen LogP contribution is 2.27. The van der Waals surface area contributed by atoms with Crippen molar-refractivity contribution in [3.8, 4) is 0 Å². The summed E-state index contributed by atoms with van der Waals surface area (Å²) in [6.45, 7) is 1.36. The van der Waals surface area contributed by atoms with Crippen molar-refractivity contribution in [2.24, 2.45) is 0 Å². The summed E-state index contributed by atoms with van der Waals surface area (Å²) in [4.78, 5) is 12.5. The molecule has 0 aromatic heterocycles. The van der Waals surface area contributed by atoms with Gasteiger partial charge < -0.3 is 5.32 Å². The third-order valence-electron chi connectivity index (χ3n) is 3.37.